The summed E-state index contributed by atoms with van der Waals surface area (Å²) in [6.45, 7) is 0. The first-order valence-electron chi connectivity index (χ1n) is 5.98. The number of benzene rings is 1. The predicted octanol–water partition coefficient (Wildman–Crippen LogP) is 3.51. The van der Waals surface area contributed by atoms with Crippen molar-refractivity contribution in [3.8, 4) is 6.07 Å². The highest BCUT2D eigenvalue weighted by Gasteiger charge is 2.42. The minimum absolute atomic E-state index is 0.102. The number of carbonyl (C=O) groups is 1. The lowest BCUT2D eigenvalue weighted by atomic mass is 9.80. The van der Waals surface area contributed by atoms with Gasteiger partial charge in [-0.15, -0.1) is 0 Å². The maximum absolute atomic E-state index is 12.4. The average Bonchev–Trinajstić information content (AvgIpc) is 2.71. The smallest absolute Gasteiger partial charge is 0.298 e. The van der Waals surface area contributed by atoms with E-state index in [2.05, 4.69) is 0 Å². The standard InChI is InChI=1S/C14H12F3NO/c15-14(16,17)11-5-3-10(4-6-11)8-13(9-18)7-1-2-12(13)19/h3-6H,1-2,7-8H2. The minimum atomic E-state index is -4.37. The number of hydrogen-bond acceptors (Lipinski definition) is 2. The number of alkyl halides is 3. The molecule has 1 saturated carbocycles. The van der Waals surface area contributed by atoms with Gasteiger partial charge in [-0.1, -0.05) is 12.1 Å². The van der Waals surface area contributed by atoms with Crippen LogP contribution in [0.25, 0.3) is 0 Å². The molecule has 0 spiro atoms. The van der Waals surface area contributed by atoms with Gasteiger partial charge in [0.15, 0.2) is 5.78 Å². The summed E-state index contributed by atoms with van der Waals surface area (Å²) in [6, 6.07) is 6.70. The van der Waals surface area contributed by atoms with Gasteiger partial charge < -0.3 is 0 Å². The molecule has 1 aliphatic carbocycles. The molecule has 1 atom stereocenters. The molecule has 0 amide bonds. The summed E-state index contributed by atoms with van der Waals surface area (Å²) in [7, 11) is 0. The fourth-order valence-electron chi connectivity index (χ4n) is 2.43. The Balaban J connectivity index is 2.21. The lowest BCUT2D eigenvalue weighted by molar-refractivity contribution is -0.137. The maximum Gasteiger partial charge on any atom is 0.416 e. The molecule has 0 heterocycles. The number of rotatable bonds is 2. The van der Waals surface area contributed by atoms with Crippen LogP contribution < -0.4 is 0 Å². The maximum atomic E-state index is 12.4. The molecule has 19 heavy (non-hydrogen) atoms. The van der Waals surface area contributed by atoms with Crippen LogP contribution in [0.1, 0.15) is 30.4 Å². The van der Waals surface area contributed by atoms with Crippen molar-refractivity contribution >= 4 is 5.78 Å². The van der Waals surface area contributed by atoms with Gasteiger partial charge in [0.2, 0.25) is 0 Å². The van der Waals surface area contributed by atoms with Gasteiger partial charge in [-0.05, 0) is 37.0 Å². The molecular formula is C14H12F3NO. The van der Waals surface area contributed by atoms with Crippen LogP contribution in [-0.4, -0.2) is 5.78 Å². The summed E-state index contributed by atoms with van der Waals surface area (Å²) < 4.78 is 37.3. The number of nitriles is 1. The molecule has 0 aromatic heterocycles. The SMILES string of the molecule is N#CC1(Cc2ccc(C(F)(F)F)cc2)CCCC1=O. The van der Waals surface area contributed by atoms with Crippen molar-refractivity contribution in [2.75, 3.05) is 0 Å². The van der Waals surface area contributed by atoms with E-state index >= 15 is 0 Å². The Labute approximate surface area is 108 Å². The Morgan fingerprint density at radius 2 is 1.89 bits per heavy atom. The molecule has 2 nitrogen and oxygen atoms in total. The topological polar surface area (TPSA) is 40.9 Å². The number of nitrogens with zero attached hydrogens (tertiary/aromatic N) is 1. The molecule has 1 aliphatic rings. The number of Topliss-reactive ketones (excluding diaryl/α,β-unsaturated/α-hetero) is 1. The van der Waals surface area contributed by atoms with Gasteiger partial charge >= 0.3 is 6.18 Å². The molecule has 0 bridgehead atoms. The van der Waals surface area contributed by atoms with E-state index in [0.717, 1.165) is 12.1 Å². The second kappa shape index (κ2) is 4.69. The summed E-state index contributed by atoms with van der Waals surface area (Å²) >= 11 is 0. The Bertz CT molecular complexity index is 527. The van der Waals surface area contributed by atoms with E-state index < -0.39 is 17.2 Å². The summed E-state index contributed by atoms with van der Waals surface area (Å²) in [5, 5.41) is 9.18. The lowest BCUT2D eigenvalue weighted by Crippen LogP contribution is -2.26. The highest BCUT2D eigenvalue weighted by Crippen LogP contribution is 2.38. The first-order chi connectivity index (χ1) is 8.87. The molecule has 5 heteroatoms. The van der Waals surface area contributed by atoms with Gasteiger partial charge in [0.05, 0.1) is 11.6 Å². The van der Waals surface area contributed by atoms with Gasteiger partial charge in [0.25, 0.3) is 0 Å². The van der Waals surface area contributed by atoms with E-state index in [0.29, 0.717) is 24.8 Å². The average molecular weight is 267 g/mol. The molecule has 0 saturated heterocycles. The quantitative estimate of drug-likeness (QED) is 0.822. The summed E-state index contributed by atoms with van der Waals surface area (Å²) in [5.74, 6) is -0.102. The van der Waals surface area contributed by atoms with E-state index in [9.17, 15) is 23.2 Å². The van der Waals surface area contributed by atoms with Gasteiger partial charge in [0, 0.05) is 6.42 Å². The second-order valence-electron chi connectivity index (χ2n) is 4.84. The zero-order chi connectivity index (χ0) is 14.1. The zero-order valence-electron chi connectivity index (χ0n) is 10.1. The fraction of sp³-hybridized carbons (Fsp3) is 0.429. The molecule has 0 N–H and O–H groups in total. The Kier molecular flexibility index (Phi) is 3.36. The van der Waals surface area contributed by atoms with Crippen LogP contribution in [-0.2, 0) is 17.4 Å². The summed E-state index contributed by atoms with van der Waals surface area (Å²) in [5.41, 5.74) is -1.18. The molecule has 1 aromatic rings. The van der Waals surface area contributed by atoms with E-state index in [1.54, 1.807) is 0 Å². The third-order valence-corrected chi connectivity index (χ3v) is 3.54. The largest absolute Gasteiger partial charge is 0.416 e. The molecule has 1 fully saturated rings. The van der Waals surface area contributed by atoms with Crippen LogP contribution in [0.3, 0.4) is 0 Å². The van der Waals surface area contributed by atoms with Crippen molar-refractivity contribution in [1.82, 2.24) is 0 Å². The van der Waals surface area contributed by atoms with Crippen molar-refractivity contribution in [3.05, 3.63) is 35.4 Å². The number of carbonyl (C=O) groups excluding carboxylic acids is 1. The lowest BCUT2D eigenvalue weighted by Gasteiger charge is -2.18. The third-order valence-electron chi connectivity index (χ3n) is 3.54. The van der Waals surface area contributed by atoms with Crippen molar-refractivity contribution in [2.24, 2.45) is 5.41 Å². The predicted molar refractivity (Wildman–Crippen MR) is 62.1 cm³/mol. The monoisotopic (exact) mass is 267 g/mol. The van der Waals surface area contributed by atoms with Crippen LogP contribution in [0.5, 0.6) is 0 Å². The Hall–Kier alpha value is -1.83. The van der Waals surface area contributed by atoms with Crippen molar-refractivity contribution in [3.63, 3.8) is 0 Å². The van der Waals surface area contributed by atoms with Crippen molar-refractivity contribution < 1.29 is 18.0 Å². The molecule has 2 rings (SSSR count). The molecule has 0 aliphatic heterocycles. The molecule has 1 aromatic carbocycles. The molecule has 1 unspecified atom stereocenters. The van der Waals surface area contributed by atoms with E-state index in [-0.39, 0.29) is 12.2 Å². The summed E-state index contributed by atoms with van der Waals surface area (Å²) in [4.78, 5) is 11.8. The first-order valence-corrected chi connectivity index (χ1v) is 5.98. The number of ketones is 1. The normalized spacial score (nSPS) is 23.4. The van der Waals surface area contributed by atoms with Crippen molar-refractivity contribution in [1.29, 1.82) is 5.26 Å². The third kappa shape index (κ3) is 2.62. The van der Waals surface area contributed by atoms with Crippen LogP contribution in [0.15, 0.2) is 24.3 Å². The van der Waals surface area contributed by atoms with E-state index in [1.807, 2.05) is 6.07 Å². The Morgan fingerprint density at radius 3 is 2.32 bits per heavy atom. The summed E-state index contributed by atoms with van der Waals surface area (Å²) in [6.07, 6.45) is -2.63. The Morgan fingerprint density at radius 1 is 1.26 bits per heavy atom. The molecule has 0 radical (unpaired) electrons. The van der Waals surface area contributed by atoms with Gasteiger partial charge in [-0.3, -0.25) is 4.79 Å². The van der Waals surface area contributed by atoms with E-state index in [1.165, 1.54) is 12.1 Å². The second-order valence-corrected chi connectivity index (χ2v) is 4.84. The van der Waals surface area contributed by atoms with Crippen LogP contribution in [0, 0.1) is 16.7 Å². The van der Waals surface area contributed by atoms with Crippen LogP contribution in [0.4, 0.5) is 13.2 Å². The first kappa shape index (κ1) is 13.6. The minimum Gasteiger partial charge on any atom is -0.298 e. The van der Waals surface area contributed by atoms with Gasteiger partial charge in [-0.2, -0.15) is 18.4 Å². The molecule has 100 valence electrons. The zero-order valence-corrected chi connectivity index (χ0v) is 10.1. The van der Waals surface area contributed by atoms with Crippen LogP contribution in [0.2, 0.25) is 0 Å². The van der Waals surface area contributed by atoms with Crippen molar-refractivity contribution in [2.45, 2.75) is 31.9 Å². The van der Waals surface area contributed by atoms with Gasteiger partial charge in [0.1, 0.15) is 5.41 Å². The van der Waals surface area contributed by atoms with Gasteiger partial charge in [-0.25, -0.2) is 0 Å². The fourth-order valence-corrected chi connectivity index (χ4v) is 2.43. The van der Waals surface area contributed by atoms with Crippen LogP contribution >= 0.6 is 0 Å². The highest BCUT2D eigenvalue weighted by molar-refractivity contribution is 5.89. The number of hydrogen-bond donors (Lipinski definition) is 0. The van der Waals surface area contributed by atoms with E-state index in [4.69, 9.17) is 0 Å². The highest BCUT2D eigenvalue weighted by atomic mass is 19.4. The number of halogens is 3. The molecular weight excluding hydrogens is 255 g/mol.